The van der Waals surface area contributed by atoms with Crippen molar-refractivity contribution in [3.8, 4) is 50.5 Å². The number of pyridine rings is 1. The Balaban J connectivity index is 1.38. The van der Waals surface area contributed by atoms with Crippen LogP contribution in [0.2, 0.25) is 0 Å². The SMILES string of the molecule is C/N=C(/c1ccccc1)c1c(-c2ccccc2)c2ccccc2n1-c1cccc(-c2cc(-c3ccccc3)nc(-c3ccccc3)c2)c1. The third-order valence-corrected chi connectivity index (χ3v) is 8.83. The first-order valence-electron chi connectivity index (χ1n) is 16.2. The van der Waals surface area contributed by atoms with Crippen molar-refractivity contribution in [3.63, 3.8) is 0 Å². The highest BCUT2D eigenvalue weighted by molar-refractivity contribution is 6.20. The topological polar surface area (TPSA) is 30.2 Å². The second-order valence-corrected chi connectivity index (χ2v) is 11.8. The Bertz CT molecular complexity index is 2320. The number of aromatic nitrogens is 2. The zero-order valence-corrected chi connectivity index (χ0v) is 26.7. The minimum atomic E-state index is 0.942. The normalized spacial score (nSPS) is 11.6. The Hall–Kier alpha value is -6.32. The molecule has 0 bridgehead atoms. The minimum absolute atomic E-state index is 0.942. The van der Waals surface area contributed by atoms with Crippen LogP contribution in [0.4, 0.5) is 0 Å². The van der Waals surface area contributed by atoms with Crippen LogP contribution in [0, 0.1) is 0 Å². The summed E-state index contributed by atoms with van der Waals surface area (Å²) in [6.45, 7) is 0. The van der Waals surface area contributed by atoms with Crippen molar-refractivity contribution in [2.24, 2.45) is 4.99 Å². The van der Waals surface area contributed by atoms with Crippen LogP contribution in [0.3, 0.4) is 0 Å². The second-order valence-electron chi connectivity index (χ2n) is 11.8. The highest BCUT2D eigenvalue weighted by Crippen LogP contribution is 2.39. The summed E-state index contributed by atoms with van der Waals surface area (Å²) in [7, 11) is 1.89. The number of benzene rings is 6. The summed E-state index contributed by atoms with van der Waals surface area (Å²) in [5.74, 6) is 0. The second kappa shape index (κ2) is 12.8. The van der Waals surface area contributed by atoms with E-state index in [9.17, 15) is 0 Å². The predicted octanol–water partition coefficient (Wildman–Crippen LogP) is 11.2. The lowest BCUT2D eigenvalue weighted by Gasteiger charge is -2.17. The van der Waals surface area contributed by atoms with Crippen molar-refractivity contribution >= 4 is 16.6 Å². The fourth-order valence-electron chi connectivity index (χ4n) is 6.63. The Morgan fingerprint density at radius 2 is 1.00 bits per heavy atom. The summed E-state index contributed by atoms with van der Waals surface area (Å²) in [6, 6.07) is 63.9. The average molecular weight is 616 g/mol. The largest absolute Gasteiger partial charge is 0.307 e. The highest BCUT2D eigenvalue weighted by Gasteiger charge is 2.24. The fourth-order valence-corrected chi connectivity index (χ4v) is 6.63. The zero-order chi connectivity index (χ0) is 32.3. The molecular formula is C45H33N3. The van der Waals surface area contributed by atoms with E-state index < -0.39 is 0 Å². The molecule has 0 aliphatic carbocycles. The number of nitrogens with zero attached hydrogens (tertiary/aromatic N) is 3. The number of rotatable bonds is 7. The molecule has 2 aromatic heterocycles. The van der Waals surface area contributed by atoms with Crippen molar-refractivity contribution in [2.45, 2.75) is 0 Å². The molecule has 3 nitrogen and oxygen atoms in total. The average Bonchev–Trinajstić information content (AvgIpc) is 3.51. The van der Waals surface area contributed by atoms with Gasteiger partial charge in [-0.3, -0.25) is 4.99 Å². The molecule has 0 N–H and O–H groups in total. The number of hydrogen-bond acceptors (Lipinski definition) is 2. The van der Waals surface area contributed by atoms with Crippen LogP contribution in [0.5, 0.6) is 0 Å². The van der Waals surface area contributed by atoms with E-state index in [2.05, 4.69) is 174 Å². The third-order valence-electron chi connectivity index (χ3n) is 8.83. The van der Waals surface area contributed by atoms with Crippen molar-refractivity contribution in [3.05, 3.63) is 193 Å². The summed E-state index contributed by atoms with van der Waals surface area (Å²) in [6.07, 6.45) is 0. The number of aliphatic imine (C=N–C) groups is 1. The van der Waals surface area contributed by atoms with Gasteiger partial charge in [-0.1, -0.05) is 152 Å². The monoisotopic (exact) mass is 615 g/mol. The molecule has 0 saturated carbocycles. The summed E-state index contributed by atoms with van der Waals surface area (Å²) < 4.78 is 2.38. The molecule has 3 heteroatoms. The van der Waals surface area contributed by atoms with Gasteiger partial charge in [0.2, 0.25) is 0 Å². The van der Waals surface area contributed by atoms with Crippen molar-refractivity contribution in [2.75, 3.05) is 7.05 Å². The molecular weight excluding hydrogens is 583 g/mol. The number of hydrogen-bond donors (Lipinski definition) is 0. The first-order chi connectivity index (χ1) is 23.8. The molecule has 48 heavy (non-hydrogen) atoms. The van der Waals surface area contributed by atoms with E-state index in [0.717, 1.165) is 67.4 Å². The van der Waals surface area contributed by atoms with Crippen LogP contribution in [0.15, 0.2) is 187 Å². The quantitative estimate of drug-likeness (QED) is 0.164. The molecule has 0 aliphatic rings. The molecule has 228 valence electrons. The van der Waals surface area contributed by atoms with Gasteiger partial charge in [0.05, 0.1) is 28.3 Å². The Labute approximate surface area is 281 Å². The Morgan fingerprint density at radius 1 is 0.479 bits per heavy atom. The standard InChI is InChI=1S/C45H33N3/c1-46-44(35-23-12-5-13-24-35)45-43(34-21-10-4-11-22-34)39-27-14-15-28-42(39)48(45)38-26-16-25-36(29-38)37-30-40(32-17-6-2-7-18-32)47-41(31-37)33-19-8-3-9-20-33/h2-31H,1H3/b46-44-. The van der Waals surface area contributed by atoms with Crippen LogP contribution in [0.1, 0.15) is 11.3 Å². The zero-order valence-electron chi connectivity index (χ0n) is 26.7. The van der Waals surface area contributed by atoms with E-state index in [0.29, 0.717) is 0 Å². The van der Waals surface area contributed by atoms with Crippen molar-refractivity contribution < 1.29 is 0 Å². The first-order valence-corrected chi connectivity index (χ1v) is 16.2. The predicted molar refractivity (Wildman–Crippen MR) is 201 cm³/mol. The minimum Gasteiger partial charge on any atom is -0.307 e. The molecule has 0 spiro atoms. The van der Waals surface area contributed by atoms with Gasteiger partial charge in [0.25, 0.3) is 0 Å². The molecule has 8 aromatic rings. The molecule has 0 fully saturated rings. The van der Waals surface area contributed by atoms with E-state index in [1.807, 2.05) is 19.2 Å². The van der Waals surface area contributed by atoms with E-state index in [4.69, 9.17) is 9.98 Å². The van der Waals surface area contributed by atoms with Crippen LogP contribution >= 0.6 is 0 Å². The maximum Gasteiger partial charge on any atom is 0.0890 e. The molecule has 0 amide bonds. The summed E-state index contributed by atoms with van der Waals surface area (Å²) in [4.78, 5) is 10.1. The summed E-state index contributed by atoms with van der Waals surface area (Å²) >= 11 is 0. The maximum absolute atomic E-state index is 5.12. The van der Waals surface area contributed by atoms with Gasteiger partial charge in [0.15, 0.2) is 0 Å². The lowest BCUT2D eigenvalue weighted by Crippen LogP contribution is -2.11. The van der Waals surface area contributed by atoms with Gasteiger partial charge in [0.1, 0.15) is 0 Å². The Kier molecular flexibility index (Phi) is 7.77. The highest BCUT2D eigenvalue weighted by atomic mass is 15.0. The van der Waals surface area contributed by atoms with Gasteiger partial charge >= 0.3 is 0 Å². The number of para-hydroxylation sites is 1. The molecule has 0 atom stereocenters. The van der Waals surface area contributed by atoms with E-state index in [-0.39, 0.29) is 0 Å². The number of fused-ring (bicyclic) bond motifs is 1. The van der Waals surface area contributed by atoms with E-state index in [1.165, 1.54) is 10.9 Å². The van der Waals surface area contributed by atoms with Crippen molar-refractivity contribution in [1.29, 1.82) is 0 Å². The maximum atomic E-state index is 5.12. The van der Waals surface area contributed by atoms with Crippen LogP contribution < -0.4 is 0 Å². The smallest absolute Gasteiger partial charge is 0.0890 e. The van der Waals surface area contributed by atoms with Gasteiger partial charge < -0.3 is 4.57 Å². The van der Waals surface area contributed by atoms with E-state index in [1.54, 1.807) is 0 Å². The lowest BCUT2D eigenvalue weighted by atomic mass is 9.97. The first kappa shape index (κ1) is 29.1. The molecule has 8 rings (SSSR count). The summed E-state index contributed by atoms with van der Waals surface area (Å²) in [5.41, 5.74) is 13.9. The molecule has 6 aromatic carbocycles. The van der Waals surface area contributed by atoms with Gasteiger partial charge in [0, 0.05) is 40.4 Å². The molecule has 0 aliphatic heterocycles. The van der Waals surface area contributed by atoms with Gasteiger partial charge in [-0.2, -0.15) is 0 Å². The van der Waals surface area contributed by atoms with Crippen molar-refractivity contribution in [1.82, 2.24) is 9.55 Å². The van der Waals surface area contributed by atoms with Crippen LogP contribution in [-0.2, 0) is 0 Å². The third kappa shape index (κ3) is 5.42. The van der Waals surface area contributed by atoms with Crippen LogP contribution in [-0.4, -0.2) is 22.3 Å². The van der Waals surface area contributed by atoms with Gasteiger partial charge in [-0.25, -0.2) is 4.98 Å². The summed E-state index contributed by atoms with van der Waals surface area (Å²) in [5, 5.41) is 1.18. The Morgan fingerprint density at radius 3 is 1.60 bits per heavy atom. The lowest BCUT2D eigenvalue weighted by molar-refractivity contribution is 1.10. The molecule has 0 unspecified atom stereocenters. The molecule has 0 radical (unpaired) electrons. The van der Waals surface area contributed by atoms with Gasteiger partial charge in [-0.05, 0) is 47.0 Å². The molecule has 2 heterocycles. The van der Waals surface area contributed by atoms with Crippen LogP contribution in [0.25, 0.3) is 61.4 Å². The molecule has 0 saturated heterocycles. The van der Waals surface area contributed by atoms with Gasteiger partial charge in [-0.15, -0.1) is 0 Å². The van der Waals surface area contributed by atoms with E-state index >= 15 is 0 Å². The fraction of sp³-hybridized carbons (Fsp3) is 0.0222.